The second-order valence-electron chi connectivity index (χ2n) is 5.61. The maximum absolute atomic E-state index is 13.1. The van der Waals surface area contributed by atoms with Gasteiger partial charge in [0.1, 0.15) is 0 Å². The Morgan fingerprint density at radius 1 is 1.12 bits per heavy atom. The van der Waals surface area contributed by atoms with Gasteiger partial charge in [-0.2, -0.15) is 0 Å². The van der Waals surface area contributed by atoms with E-state index >= 15 is 0 Å². The van der Waals surface area contributed by atoms with Crippen molar-refractivity contribution in [3.05, 3.63) is 81.6 Å². The molecule has 0 spiro atoms. The Hall–Kier alpha value is -3.05. The maximum Gasteiger partial charge on any atom is 0.330 e. The molecule has 0 N–H and O–H groups in total. The first-order valence-electron chi connectivity index (χ1n) is 7.92. The number of benzene rings is 2. The molecule has 26 heavy (non-hydrogen) atoms. The molecule has 0 amide bonds. The van der Waals surface area contributed by atoms with Crippen molar-refractivity contribution in [2.45, 2.75) is 0 Å². The van der Waals surface area contributed by atoms with Crippen LogP contribution in [0.2, 0.25) is 5.02 Å². The summed E-state index contributed by atoms with van der Waals surface area (Å²) in [5.74, 6) is -0.526. The van der Waals surface area contributed by atoms with Crippen molar-refractivity contribution in [3.8, 4) is 16.9 Å². The third-order valence-corrected chi connectivity index (χ3v) is 4.22. The molecular formula is C20H17ClN2O3. The zero-order valence-electron chi connectivity index (χ0n) is 14.3. The Balaban J connectivity index is 2.28. The molecule has 0 fully saturated rings. The fraction of sp³-hybridized carbons (Fsp3) is 0.100. The van der Waals surface area contributed by atoms with E-state index in [0.717, 1.165) is 5.56 Å². The molecule has 0 unspecified atom stereocenters. The molecular weight excluding hydrogens is 352 g/mol. The number of carbonyl (C=O) groups excluding carboxylic acids is 1. The van der Waals surface area contributed by atoms with Crippen LogP contribution < -0.4 is 5.56 Å². The summed E-state index contributed by atoms with van der Waals surface area (Å²) in [6.45, 7) is 0. The molecule has 6 heteroatoms. The summed E-state index contributed by atoms with van der Waals surface area (Å²) in [5, 5.41) is 0.531. The van der Waals surface area contributed by atoms with Crippen molar-refractivity contribution in [1.82, 2.24) is 9.36 Å². The van der Waals surface area contributed by atoms with Gasteiger partial charge < -0.3 is 4.74 Å². The zero-order valence-corrected chi connectivity index (χ0v) is 15.1. The molecule has 0 aliphatic carbocycles. The number of hydrogen-bond acceptors (Lipinski definition) is 3. The average molecular weight is 369 g/mol. The summed E-state index contributed by atoms with van der Waals surface area (Å²) in [5.41, 5.74) is 2.32. The molecule has 0 aliphatic heterocycles. The van der Waals surface area contributed by atoms with Crippen molar-refractivity contribution in [1.29, 1.82) is 0 Å². The maximum atomic E-state index is 13.1. The number of nitrogens with zero attached hydrogens (tertiary/aromatic N) is 2. The van der Waals surface area contributed by atoms with Gasteiger partial charge in [0.15, 0.2) is 0 Å². The molecule has 3 aromatic rings. The van der Waals surface area contributed by atoms with E-state index in [1.807, 2.05) is 30.3 Å². The molecule has 1 heterocycles. The molecule has 0 atom stereocenters. The van der Waals surface area contributed by atoms with Gasteiger partial charge in [0, 0.05) is 23.7 Å². The van der Waals surface area contributed by atoms with Crippen molar-refractivity contribution >= 4 is 23.6 Å². The normalized spacial score (nSPS) is 11.0. The molecule has 0 aliphatic rings. The first kappa shape index (κ1) is 17.8. The number of carbonyl (C=O) groups is 1. The third-order valence-electron chi connectivity index (χ3n) is 3.99. The molecule has 0 saturated heterocycles. The number of halogens is 1. The summed E-state index contributed by atoms with van der Waals surface area (Å²) in [6, 6.07) is 16.5. The molecule has 0 bridgehead atoms. The quantitative estimate of drug-likeness (QED) is 0.521. The van der Waals surface area contributed by atoms with E-state index < -0.39 is 5.97 Å². The van der Waals surface area contributed by atoms with Crippen LogP contribution in [0, 0.1) is 0 Å². The third kappa shape index (κ3) is 3.34. The monoisotopic (exact) mass is 368 g/mol. The number of aromatic nitrogens is 2. The van der Waals surface area contributed by atoms with Crippen LogP contribution >= 0.6 is 11.6 Å². The van der Waals surface area contributed by atoms with E-state index in [1.165, 1.54) is 23.9 Å². The average Bonchev–Trinajstić information content (AvgIpc) is 2.90. The van der Waals surface area contributed by atoms with Crippen LogP contribution in [0.5, 0.6) is 0 Å². The van der Waals surface area contributed by atoms with Crippen molar-refractivity contribution in [2.75, 3.05) is 7.11 Å². The van der Waals surface area contributed by atoms with Crippen LogP contribution in [-0.2, 0) is 16.6 Å². The number of rotatable bonds is 4. The first-order valence-corrected chi connectivity index (χ1v) is 8.30. The minimum atomic E-state index is -0.526. The van der Waals surface area contributed by atoms with Crippen LogP contribution in [0.3, 0.4) is 0 Å². The van der Waals surface area contributed by atoms with Gasteiger partial charge in [-0.25, -0.2) is 9.48 Å². The highest BCUT2D eigenvalue weighted by Crippen LogP contribution is 2.25. The van der Waals surface area contributed by atoms with E-state index in [4.69, 9.17) is 11.6 Å². The fourth-order valence-electron chi connectivity index (χ4n) is 2.83. The van der Waals surface area contributed by atoms with Crippen LogP contribution in [0.15, 0.2) is 65.5 Å². The van der Waals surface area contributed by atoms with E-state index in [-0.39, 0.29) is 5.56 Å². The predicted octanol–water partition coefficient (Wildman–Crippen LogP) is 3.68. The lowest BCUT2D eigenvalue weighted by molar-refractivity contribution is -0.134. The van der Waals surface area contributed by atoms with Crippen LogP contribution in [0.4, 0.5) is 0 Å². The van der Waals surface area contributed by atoms with Gasteiger partial charge in [-0.3, -0.25) is 9.48 Å². The molecule has 0 radical (unpaired) electrons. The first-order chi connectivity index (χ1) is 12.5. The fourth-order valence-corrected chi connectivity index (χ4v) is 3.02. The summed E-state index contributed by atoms with van der Waals surface area (Å²) in [6.07, 6.45) is 2.73. The van der Waals surface area contributed by atoms with Crippen LogP contribution in [0.25, 0.3) is 23.0 Å². The minimum Gasteiger partial charge on any atom is -0.466 e. The molecule has 5 nitrogen and oxygen atoms in total. The summed E-state index contributed by atoms with van der Waals surface area (Å²) in [7, 11) is 3.08. The minimum absolute atomic E-state index is 0.256. The number of esters is 1. The van der Waals surface area contributed by atoms with E-state index in [2.05, 4.69) is 4.74 Å². The molecule has 3 rings (SSSR count). The second kappa shape index (κ2) is 7.45. The molecule has 132 valence electrons. The molecule has 0 saturated carbocycles. The number of ether oxygens (including phenoxy) is 1. The van der Waals surface area contributed by atoms with Gasteiger partial charge in [-0.05, 0) is 24.3 Å². The van der Waals surface area contributed by atoms with E-state index in [0.29, 0.717) is 22.0 Å². The van der Waals surface area contributed by atoms with E-state index in [9.17, 15) is 9.59 Å². The largest absolute Gasteiger partial charge is 0.466 e. The lowest BCUT2D eigenvalue weighted by atomic mass is 10.1. The highest BCUT2D eigenvalue weighted by atomic mass is 35.5. The van der Waals surface area contributed by atoms with Gasteiger partial charge in [0.25, 0.3) is 5.56 Å². The Labute approximate surface area is 155 Å². The Morgan fingerprint density at radius 2 is 1.85 bits per heavy atom. The lowest BCUT2D eigenvalue weighted by Crippen LogP contribution is -2.20. The topological polar surface area (TPSA) is 53.2 Å². The SMILES string of the molecule is COC(=O)/C=C/c1c(-c2ccccc2)n(C)n(-c2cccc(Cl)c2)c1=O. The summed E-state index contributed by atoms with van der Waals surface area (Å²) < 4.78 is 7.91. The Bertz CT molecular complexity index is 1030. The summed E-state index contributed by atoms with van der Waals surface area (Å²) in [4.78, 5) is 24.6. The van der Waals surface area contributed by atoms with Crippen molar-refractivity contribution < 1.29 is 9.53 Å². The number of methoxy groups -OCH3 is 1. The highest BCUT2D eigenvalue weighted by Gasteiger charge is 2.19. The van der Waals surface area contributed by atoms with Gasteiger partial charge in [-0.15, -0.1) is 0 Å². The van der Waals surface area contributed by atoms with Crippen molar-refractivity contribution in [2.24, 2.45) is 7.05 Å². The van der Waals surface area contributed by atoms with Crippen LogP contribution in [-0.4, -0.2) is 22.4 Å². The highest BCUT2D eigenvalue weighted by molar-refractivity contribution is 6.30. The summed E-state index contributed by atoms with van der Waals surface area (Å²) >= 11 is 6.08. The number of hydrogen-bond donors (Lipinski definition) is 0. The standard InChI is InChI=1S/C20H17ClN2O3/c1-22-19(14-7-4-3-5-8-14)17(11-12-18(24)26-2)20(25)23(22)16-10-6-9-15(21)13-16/h3-13H,1-2H3/b12-11+. The molecule has 1 aromatic heterocycles. The van der Waals surface area contributed by atoms with Gasteiger partial charge in [0.05, 0.1) is 24.1 Å². The zero-order chi connectivity index (χ0) is 18.7. The van der Waals surface area contributed by atoms with Crippen molar-refractivity contribution in [3.63, 3.8) is 0 Å². The van der Waals surface area contributed by atoms with Gasteiger partial charge in [0.2, 0.25) is 0 Å². The smallest absolute Gasteiger partial charge is 0.330 e. The Morgan fingerprint density at radius 3 is 2.50 bits per heavy atom. The Kier molecular flexibility index (Phi) is 5.09. The van der Waals surface area contributed by atoms with E-state index in [1.54, 1.807) is 36.0 Å². The molecule has 2 aromatic carbocycles. The second-order valence-corrected chi connectivity index (χ2v) is 6.04. The van der Waals surface area contributed by atoms with Crippen LogP contribution in [0.1, 0.15) is 5.56 Å². The van der Waals surface area contributed by atoms with Gasteiger partial charge in [-0.1, -0.05) is 48.0 Å². The predicted molar refractivity (Wildman–Crippen MR) is 103 cm³/mol. The van der Waals surface area contributed by atoms with Gasteiger partial charge >= 0.3 is 5.97 Å². The lowest BCUT2D eigenvalue weighted by Gasteiger charge is -2.10.